The van der Waals surface area contributed by atoms with Crippen LogP contribution in [-0.4, -0.2) is 46.3 Å². The summed E-state index contributed by atoms with van der Waals surface area (Å²) in [6, 6.07) is 14.5. The summed E-state index contributed by atoms with van der Waals surface area (Å²) >= 11 is 0. The van der Waals surface area contributed by atoms with Gasteiger partial charge in [-0.05, 0) is 31.4 Å². The SMILES string of the molecule is Cc1ccc2c(c1)[C@]1(N[C@@H](CCC(=O)O)[C@H]3C(=O)N(CCc4ccccc4)C(=O)[C@@H]31)C(=O)N2. The predicted octanol–water partition coefficient (Wildman–Crippen LogP) is 1.82. The molecule has 4 atom stereocenters. The number of rotatable bonds is 6. The average Bonchev–Trinajstić information content (AvgIpc) is 3.37. The Balaban J connectivity index is 1.53. The fourth-order valence-electron chi connectivity index (χ4n) is 5.61. The maximum Gasteiger partial charge on any atom is 0.303 e. The van der Waals surface area contributed by atoms with E-state index in [9.17, 15) is 24.3 Å². The maximum absolute atomic E-state index is 13.7. The van der Waals surface area contributed by atoms with Crippen LogP contribution in [0.2, 0.25) is 0 Å². The van der Waals surface area contributed by atoms with Gasteiger partial charge in [0.05, 0.1) is 11.8 Å². The van der Waals surface area contributed by atoms with Crippen molar-refractivity contribution >= 4 is 29.4 Å². The number of fused-ring (bicyclic) bond motifs is 4. The Hall–Kier alpha value is -3.52. The van der Waals surface area contributed by atoms with Crippen molar-refractivity contribution in [3.8, 4) is 0 Å². The Bertz CT molecular complexity index is 1160. The van der Waals surface area contributed by atoms with E-state index in [1.807, 2.05) is 49.4 Å². The Morgan fingerprint density at radius 1 is 1.09 bits per heavy atom. The van der Waals surface area contributed by atoms with Crippen molar-refractivity contribution in [2.45, 2.75) is 37.8 Å². The van der Waals surface area contributed by atoms with Gasteiger partial charge in [-0.25, -0.2) is 0 Å². The molecule has 0 aromatic heterocycles. The molecule has 8 heteroatoms. The van der Waals surface area contributed by atoms with Crippen molar-refractivity contribution in [3.63, 3.8) is 0 Å². The molecular formula is C25H25N3O5. The number of likely N-dealkylation sites (tertiary alicyclic amines) is 1. The van der Waals surface area contributed by atoms with Gasteiger partial charge in [-0.3, -0.25) is 29.4 Å². The molecule has 0 aliphatic carbocycles. The number of aliphatic carboxylic acids is 1. The topological polar surface area (TPSA) is 116 Å². The largest absolute Gasteiger partial charge is 0.481 e. The van der Waals surface area contributed by atoms with E-state index in [0.717, 1.165) is 11.1 Å². The van der Waals surface area contributed by atoms with Crippen molar-refractivity contribution in [3.05, 3.63) is 65.2 Å². The van der Waals surface area contributed by atoms with Crippen LogP contribution in [0.5, 0.6) is 0 Å². The quantitative estimate of drug-likeness (QED) is 0.582. The van der Waals surface area contributed by atoms with Crippen LogP contribution < -0.4 is 10.6 Å². The van der Waals surface area contributed by atoms with Crippen molar-refractivity contribution in [1.29, 1.82) is 0 Å². The number of carbonyl (C=O) groups is 4. The van der Waals surface area contributed by atoms with E-state index in [4.69, 9.17) is 0 Å². The minimum atomic E-state index is -1.39. The molecule has 2 aromatic carbocycles. The van der Waals surface area contributed by atoms with Crippen LogP contribution in [0, 0.1) is 18.8 Å². The number of nitrogens with one attached hydrogen (secondary N) is 2. The normalized spacial score (nSPS) is 27.7. The number of carbonyl (C=O) groups excluding carboxylic acids is 3. The van der Waals surface area contributed by atoms with Crippen molar-refractivity contribution in [2.75, 3.05) is 11.9 Å². The van der Waals surface area contributed by atoms with Gasteiger partial charge >= 0.3 is 5.97 Å². The summed E-state index contributed by atoms with van der Waals surface area (Å²) in [6.07, 6.45) is 0.503. The van der Waals surface area contributed by atoms with E-state index in [1.54, 1.807) is 6.07 Å². The molecule has 3 N–H and O–H groups in total. The van der Waals surface area contributed by atoms with Crippen LogP contribution in [0.3, 0.4) is 0 Å². The van der Waals surface area contributed by atoms with E-state index in [0.29, 0.717) is 17.7 Å². The molecule has 3 aliphatic rings. The molecule has 2 fully saturated rings. The summed E-state index contributed by atoms with van der Waals surface area (Å²) < 4.78 is 0. The third-order valence-electron chi connectivity index (χ3n) is 7.10. The Morgan fingerprint density at radius 3 is 2.58 bits per heavy atom. The predicted molar refractivity (Wildman–Crippen MR) is 119 cm³/mol. The Labute approximate surface area is 191 Å². The lowest BCUT2D eigenvalue weighted by atomic mass is 9.76. The molecule has 0 saturated carbocycles. The molecule has 2 aromatic rings. The van der Waals surface area contributed by atoms with Gasteiger partial charge in [-0.15, -0.1) is 0 Å². The number of benzene rings is 2. The Kier molecular flexibility index (Phi) is 5.05. The molecule has 2 saturated heterocycles. The highest BCUT2D eigenvalue weighted by Crippen LogP contribution is 2.53. The van der Waals surface area contributed by atoms with E-state index in [1.165, 1.54) is 4.90 Å². The number of nitrogens with zero attached hydrogens (tertiary/aromatic N) is 1. The number of carboxylic acid groups (broad SMARTS) is 1. The van der Waals surface area contributed by atoms with Crippen LogP contribution in [0.15, 0.2) is 48.5 Å². The lowest BCUT2D eigenvalue weighted by molar-refractivity contribution is -0.143. The van der Waals surface area contributed by atoms with Crippen molar-refractivity contribution in [2.24, 2.45) is 11.8 Å². The molecule has 1 spiro atoms. The standard InChI is InChI=1S/C25H25N3O5/c1-14-7-8-17-16(13-14)25(24(33)26-17)21-20(18(27-25)9-10-19(29)30)22(31)28(23(21)32)12-11-15-5-3-2-4-6-15/h2-8,13,18,20-21,27H,9-12H2,1H3,(H,26,33)(H,29,30)/t18-,20+,21+,25+/m0/s1. The van der Waals surface area contributed by atoms with Crippen molar-refractivity contribution in [1.82, 2.24) is 10.2 Å². The van der Waals surface area contributed by atoms with Gasteiger partial charge in [0.2, 0.25) is 17.7 Å². The molecule has 3 heterocycles. The molecule has 3 aliphatic heterocycles. The summed E-state index contributed by atoms with van der Waals surface area (Å²) in [6.45, 7) is 2.12. The maximum atomic E-state index is 13.7. The summed E-state index contributed by atoms with van der Waals surface area (Å²) in [5, 5.41) is 15.4. The molecular weight excluding hydrogens is 422 g/mol. The van der Waals surface area contributed by atoms with Gasteiger partial charge in [0.1, 0.15) is 5.54 Å². The second-order valence-corrected chi connectivity index (χ2v) is 9.06. The van der Waals surface area contributed by atoms with E-state index in [2.05, 4.69) is 10.6 Å². The second kappa shape index (κ2) is 7.81. The van der Waals surface area contributed by atoms with Crippen LogP contribution >= 0.6 is 0 Å². The van der Waals surface area contributed by atoms with Crippen LogP contribution in [0.25, 0.3) is 0 Å². The average molecular weight is 447 g/mol. The fourth-order valence-corrected chi connectivity index (χ4v) is 5.61. The number of hydrogen-bond donors (Lipinski definition) is 3. The molecule has 3 amide bonds. The molecule has 0 bridgehead atoms. The first kappa shape index (κ1) is 21.3. The van der Waals surface area contributed by atoms with Crippen molar-refractivity contribution < 1.29 is 24.3 Å². The number of carboxylic acids is 1. The van der Waals surface area contributed by atoms with Crippen LogP contribution in [0.1, 0.15) is 29.5 Å². The lowest BCUT2D eigenvalue weighted by Crippen LogP contribution is -2.53. The zero-order valence-electron chi connectivity index (χ0n) is 18.2. The lowest BCUT2D eigenvalue weighted by Gasteiger charge is -2.29. The van der Waals surface area contributed by atoms with Gasteiger partial charge in [-0.1, -0.05) is 48.0 Å². The van der Waals surface area contributed by atoms with Gasteiger partial charge < -0.3 is 10.4 Å². The minimum Gasteiger partial charge on any atom is -0.481 e. The van der Waals surface area contributed by atoms with Gasteiger partial charge in [-0.2, -0.15) is 0 Å². The molecule has 33 heavy (non-hydrogen) atoms. The van der Waals surface area contributed by atoms with Gasteiger partial charge in [0.15, 0.2) is 0 Å². The first-order valence-electron chi connectivity index (χ1n) is 11.1. The first-order chi connectivity index (χ1) is 15.8. The van der Waals surface area contributed by atoms with E-state index < -0.39 is 29.4 Å². The highest BCUT2D eigenvalue weighted by atomic mass is 16.4. The number of hydrogen-bond acceptors (Lipinski definition) is 5. The van der Waals surface area contributed by atoms with E-state index in [-0.39, 0.29) is 37.1 Å². The molecule has 8 nitrogen and oxygen atoms in total. The zero-order chi connectivity index (χ0) is 23.3. The number of amides is 3. The third-order valence-corrected chi connectivity index (χ3v) is 7.10. The van der Waals surface area contributed by atoms with Gasteiger partial charge in [0.25, 0.3) is 0 Å². The highest BCUT2D eigenvalue weighted by Gasteiger charge is 2.70. The monoisotopic (exact) mass is 447 g/mol. The smallest absolute Gasteiger partial charge is 0.303 e. The molecule has 5 rings (SSSR count). The van der Waals surface area contributed by atoms with Crippen LogP contribution in [0.4, 0.5) is 5.69 Å². The summed E-state index contributed by atoms with van der Waals surface area (Å²) in [5.74, 6) is -3.78. The molecule has 170 valence electrons. The first-order valence-corrected chi connectivity index (χ1v) is 11.1. The minimum absolute atomic E-state index is 0.151. The number of aryl methyl sites for hydroxylation is 1. The highest BCUT2D eigenvalue weighted by molar-refractivity contribution is 6.15. The fraction of sp³-hybridized carbons (Fsp3) is 0.360. The Morgan fingerprint density at radius 2 is 1.85 bits per heavy atom. The summed E-state index contributed by atoms with van der Waals surface area (Å²) in [5.41, 5.74) is 1.80. The molecule has 0 unspecified atom stereocenters. The number of imide groups is 1. The third kappa shape index (κ3) is 3.24. The number of anilines is 1. The van der Waals surface area contributed by atoms with Gasteiger partial charge in [0, 0.05) is 30.3 Å². The second-order valence-electron chi connectivity index (χ2n) is 9.06. The van der Waals surface area contributed by atoms with E-state index >= 15 is 0 Å². The summed E-state index contributed by atoms with van der Waals surface area (Å²) in [4.78, 5) is 53.0. The summed E-state index contributed by atoms with van der Waals surface area (Å²) in [7, 11) is 0. The molecule has 0 radical (unpaired) electrons. The van der Waals surface area contributed by atoms with Crippen LogP contribution in [-0.2, 0) is 31.1 Å². The zero-order valence-corrected chi connectivity index (χ0v) is 18.2.